The van der Waals surface area contributed by atoms with Gasteiger partial charge in [0.1, 0.15) is 11.6 Å². The number of ether oxygens (including phenoxy) is 1. The van der Waals surface area contributed by atoms with E-state index in [9.17, 15) is 4.79 Å². The van der Waals surface area contributed by atoms with Gasteiger partial charge in [0.15, 0.2) is 0 Å². The Bertz CT molecular complexity index is 643. The lowest BCUT2D eigenvalue weighted by molar-refractivity contribution is -0.115. The van der Waals surface area contributed by atoms with E-state index >= 15 is 0 Å². The zero-order valence-electron chi connectivity index (χ0n) is 12.0. The summed E-state index contributed by atoms with van der Waals surface area (Å²) in [5.74, 6) is 1.19. The van der Waals surface area contributed by atoms with Gasteiger partial charge in [0.25, 0.3) is 0 Å². The summed E-state index contributed by atoms with van der Waals surface area (Å²) < 4.78 is 5.07. The van der Waals surface area contributed by atoms with E-state index in [2.05, 4.69) is 20.5 Å². The lowest BCUT2D eigenvalue weighted by Gasteiger charge is -2.12. The predicted octanol–water partition coefficient (Wildman–Crippen LogP) is 1.82. The first-order chi connectivity index (χ1) is 9.99. The van der Waals surface area contributed by atoms with E-state index in [1.807, 2.05) is 0 Å². The van der Waals surface area contributed by atoms with Crippen molar-refractivity contribution in [2.45, 2.75) is 24.3 Å². The molecule has 1 aromatic carbocycles. The third kappa shape index (κ3) is 3.88. The summed E-state index contributed by atoms with van der Waals surface area (Å²) in [5, 5.41) is 9.70. The molecule has 1 aromatic heterocycles. The number of rotatable bonds is 5. The van der Waals surface area contributed by atoms with E-state index in [1.165, 1.54) is 11.8 Å². The molecule has 1 heterocycles. The van der Waals surface area contributed by atoms with E-state index < -0.39 is 0 Å². The number of carbonyl (C=O) groups is 1. The molecule has 1 amide bonds. The molecule has 7 nitrogen and oxygen atoms in total. The third-order valence-corrected chi connectivity index (χ3v) is 3.71. The van der Waals surface area contributed by atoms with Crippen LogP contribution in [0.5, 0.6) is 5.75 Å². The highest BCUT2D eigenvalue weighted by atomic mass is 32.2. The van der Waals surface area contributed by atoms with Crippen molar-refractivity contribution in [2.24, 2.45) is 0 Å². The molecule has 4 N–H and O–H groups in total. The smallest absolute Gasteiger partial charge is 0.237 e. The van der Waals surface area contributed by atoms with Crippen molar-refractivity contribution in [3.8, 4) is 5.75 Å². The molecule has 2 aromatic rings. The Morgan fingerprint density at radius 2 is 2.29 bits per heavy atom. The molecular formula is C13H17N5O2S. The Morgan fingerprint density at radius 3 is 2.86 bits per heavy atom. The quantitative estimate of drug-likeness (QED) is 0.575. The van der Waals surface area contributed by atoms with Crippen LogP contribution in [-0.4, -0.2) is 33.4 Å². The van der Waals surface area contributed by atoms with Gasteiger partial charge in [0.2, 0.25) is 11.1 Å². The van der Waals surface area contributed by atoms with Crippen molar-refractivity contribution in [3.05, 3.63) is 24.0 Å². The number of anilines is 2. The number of aromatic nitrogens is 3. The zero-order valence-corrected chi connectivity index (χ0v) is 12.8. The van der Waals surface area contributed by atoms with Crippen molar-refractivity contribution in [1.82, 2.24) is 15.2 Å². The molecule has 0 radical (unpaired) electrons. The second kappa shape index (κ2) is 6.49. The number of benzene rings is 1. The van der Waals surface area contributed by atoms with E-state index in [4.69, 9.17) is 10.5 Å². The molecule has 1 atom stereocenters. The summed E-state index contributed by atoms with van der Waals surface area (Å²) in [6.07, 6.45) is 0. The predicted molar refractivity (Wildman–Crippen MR) is 82.5 cm³/mol. The average molecular weight is 307 g/mol. The molecule has 0 aliphatic heterocycles. The van der Waals surface area contributed by atoms with Gasteiger partial charge in [0.05, 0.1) is 23.7 Å². The molecule has 0 saturated carbocycles. The van der Waals surface area contributed by atoms with Gasteiger partial charge in [0, 0.05) is 6.07 Å². The highest BCUT2D eigenvalue weighted by Gasteiger charge is 2.17. The Kier molecular flexibility index (Phi) is 4.69. The number of hydrogen-bond acceptors (Lipinski definition) is 6. The number of carbonyl (C=O) groups excluding carboxylic acids is 1. The summed E-state index contributed by atoms with van der Waals surface area (Å²) in [6, 6.07) is 5.11. The maximum Gasteiger partial charge on any atom is 0.237 e. The first kappa shape index (κ1) is 15.2. The van der Waals surface area contributed by atoms with E-state index in [-0.39, 0.29) is 11.2 Å². The number of nitrogens with two attached hydrogens (primary N) is 1. The van der Waals surface area contributed by atoms with Gasteiger partial charge in [-0.05, 0) is 26.0 Å². The largest absolute Gasteiger partial charge is 0.497 e. The fraction of sp³-hybridized carbons (Fsp3) is 0.308. The highest BCUT2D eigenvalue weighted by Crippen LogP contribution is 2.26. The van der Waals surface area contributed by atoms with Gasteiger partial charge in [-0.3, -0.25) is 9.89 Å². The number of aryl methyl sites for hydroxylation is 1. The summed E-state index contributed by atoms with van der Waals surface area (Å²) >= 11 is 1.27. The molecule has 21 heavy (non-hydrogen) atoms. The molecule has 1 unspecified atom stereocenters. The van der Waals surface area contributed by atoms with Crippen LogP contribution in [0.1, 0.15) is 12.7 Å². The lowest BCUT2D eigenvalue weighted by Crippen LogP contribution is -2.23. The average Bonchev–Trinajstić information content (AvgIpc) is 2.86. The van der Waals surface area contributed by atoms with Gasteiger partial charge in [-0.25, -0.2) is 4.98 Å². The van der Waals surface area contributed by atoms with Crippen molar-refractivity contribution in [1.29, 1.82) is 0 Å². The molecular weight excluding hydrogens is 290 g/mol. The van der Waals surface area contributed by atoms with E-state index in [0.29, 0.717) is 28.1 Å². The molecule has 0 aliphatic rings. The SMILES string of the molecule is COc1ccc(NC(=O)C(C)Sc2n[nH]c(C)n2)c(N)c1. The second-order valence-corrected chi connectivity index (χ2v) is 5.71. The molecule has 2 rings (SSSR count). The number of hydrogen-bond donors (Lipinski definition) is 3. The maximum absolute atomic E-state index is 12.1. The number of methoxy groups -OCH3 is 1. The van der Waals surface area contributed by atoms with Crippen molar-refractivity contribution in [3.63, 3.8) is 0 Å². The zero-order chi connectivity index (χ0) is 15.4. The number of amides is 1. The van der Waals surface area contributed by atoms with Crippen LogP contribution in [0.3, 0.4) is 0 Å². The Balaban J connectivity index is 2.00. The second-order valence-electron chi connectivity index (χ2n) is 4.41. The van der Waals surface area contributed by atoms with E-state index in [0.717, 1.165) is 0 Å². The maximum atomic E-state index is 12.1. The molecule has 8 heteroatoms. The Morgan fingerprint density at radius 1 is 1.52 bits per heavy atom. The van der Waals surface area contributed by atoms with Crippen molar-refractivity contribution in [2.75, 3.05) is 18.2 Å². The molecule has 0 aliphatic carbocycles. The molecule has 0 fully saturated rings. The number of H-pyrrole nitrogens is 1. The van der Waals surface area contributed by atoms with Crippen LogP contribution in [-0.2, 0) is 4.79 Å². The summed E-state index contributed by atoms with van der Waals surface area (Å²) in [5.41, 5.74) is 6.88. The summed E-state index contributed by atoms with van der Waals surface area (Å²) in [7, 11) is 1.56. The first-order valence-electron chi connectivity index (χ1n) is 6.29. The number of nitrogens with one attached hydrogen (secondary N) is 2. The minimum absolute atomic E-state index is 0.167. The molecule has 0 spiro atoms. The lowest BCUT2D eigenvalue weighted by atomic mass is 10.2. The topological polar surface area (TPSA) is 106 Å². The van der Waals surface area contributed by atoms with Crippen LogP contribution < -0.4 is 15.8 Å². The number of thioether (sulfide) groups is 1. The first-order valence-corrected chi connectivity index (χ1v) is 7.17. The van der Waals surface area contributed by atoms with Crippen LogP contribution in [0.15, 0.2) is 23.4 Å². The highest BCUT2D eigenvalue weighted by molar-refractivity contribution is 8.00. The van der Waals surface area contributed by atoms with E-state index in [1.54, 1.807) is 39.2 Å². The molecule has 0 bridgehead atoms. The standard InChI is InChI=1S/C13H17N5O2S/c1-7(21-13-15-8(2)17-18-13)12(19)16-11-5-4-9(20-3)6-10(11)14/h4-7H,14H2,1-3H3,(H,16,19)(H,15,17,18). The van der Waals surface area contributed by atoms with Gasteiger partial charge in [-0.2, -0.15) is 0 Å². The Hall–Kier alpha value is -2.22. The fourth-order valence-corrected chi connectivity index (χ4v) is 2.37. The van der Waals surface area contributed by atoms with Gasteiger partial charge >= 0.3 is 0 Å². The van der Waals surface area contributed by atoms with Crippen molar-refractivity contribution < 1.29 is 9.53 Å². The van der Waals surface area contributed by atoms with Gasteiger partial charge in [-0.15, -0.1) is 5.10 Å². The number of nitrogens with zero attached hydrogens (tertiary/aromatic N) is 2. The monoisotopic (exact) mass is 307 g/mol. The van der Waals surface area contributed by atoms with Crippen LogP contribution in [0.2, 0.25) is 0 Å². The van der Waals surface area contributed by atoms with Gasteiger partial charge < -0.3 is 15.8 Å². The number of aromatic amines is 1. The van der Waals surface area contributed by atoms with Crippen LogP contribution >= 0.6 is 11.8 Å². The minimum Gasteiger partial charge on any atom is -0.497 e. The normalized spacial score (nSPS) is 12.0. The Labute approximate surface area is 126 Å². The van der Waals surface area contributed by atoms with Crippen molar-refractivity contribution >= 4 is 29.0 Å². The molecule has 112 valence electrons. The number of nitrogen functional groups attached to an aromatic ring is 1. The van der Waals surface area contributed by atoms with Crippen LogP contribution in [0, 0.1) is 6.92 Å². The molecule has 0 saturated heterocycles. The third-order valence-electron chi connectivity index (χ3n) is 2.74. The van der Waals surface area contributed by atoms with Crippen LogP contribution in [0.4, 0.5) is 11.4 Å². The fourth-order valence-electron chi connectivity index (χ4n) is 1.60. The summed E-state index contributed by atoms with van der Waals surface area (Å²) in [4.78, 5) is 16.3. The minimum atomic E-state index is -0.346. The van der Waals surface area contributed by atoms with Gasteiger partial charge in [-0.1, -0.05) is 11.8 Å². The van der Waals surface area contributed by atoms with Crippen LogP contribution in [0.25, 0.3) is 0 Å². The summed E-state index contributed by atoms with van der Waals surface area (Å²) in [6.45, 7) is 3.59.